The van der Waals surface area contributed by atoms with Crippen LogP contribution in [0, 0.1) is 5.82 Å². The minimum Gasteiger partial charge on any atom is -0.493 e. The molecule has 2 aromatic rings. The highest BCUT2D eigenvalue weighted by molar-refractivity contribution is 5.76. The van der Waals surface area contributed by atoms with Crippen LogP contribution in [0.3, 0.4) is 0 Å². The highest BCUT2D eigenvalue weighted by Gasteiger charge is 2.20. The van der Waals surface area contributed by atoms with Gasteiger partial charge in [0.1, 0.15) is 17.4 Å². The third-order valence-electron chi connectivity index (χ3n) is 3.71. The lowest BCUT2D eigenvalue weighted by Gasteiger charge is -2.24. The normalized spacial score (nSPS) is 16.9. The molecule has 22 heavy (non-hydrogen) atoms. The summed E-state index contributed by atoms with van der Waals surface area (Å²) in [5, 5.41) is 3.02. The molecule has 1 aliphatic rings. The Bertz CT molecular complexity index is 639. The predicted octanol–water partition coefficient (Wildman–Crippen LogP) is 1.92. The van der Waals surface area contributed by atoms with E-state index in [9.17, 15) is 9.18 Å². The highest BCUT2D eigenvalue weighted by Crippen LogP contribution is 2.13. The van der Waals surface area contributed by atoms with Crippen molar-refractivity contribution in [2.24, 2.45) is 0 Å². The minimum absolute atomic E-state index is 0.0318. The zero-order valence-electron chi connectivity index (χ0n) is 12.2. The fraction of sp³-hybridized carbons (Fsp3) is 0.375. The summed E-state index contributed by atoms with van der Waals surface area (Å²) in [7, 11) is 0. The van der Waals surface area contributed by atoms with Gasteiger partial charge in [-0.1, -0.05) is 0 Å². The number of benzene rings is 1. The number of hydrogen-bond acceptors (Lipinski definition) is 3. The van der Waals surface area contributed by atoms with Crippen LogP contribution in [0.1, 0.15) is 18.7 Å². The second-order valence-corrected chi connectivity index (χ2v) is 5.35. The van der Waals surface area contributed by atoms with Crippen LogP contribution >= 0.6 is 0 Å². The fourth-order valence-corrected chi connectivity index (χ4v) is 2.58. The lowest BCUT2D eigenvalue weighted by molar-refractivity contribution is -0.122. The van der Waals surface area contributed by atoms with Gasteiger partial charge in [-0.25, -0.2) is 9.37 Å². The summed E-state index contributed by atoms with van der Waals surface area (Å²) in [6.45, 7) is 1.04. The number of ether oxygens (including phenoxy) is 1. The average Bonchev–Trinajstić information content (AvgIpc) is 2.97. The second kappa shape index (κ2) is 6.60. The van der Waals surface area contributed by atoms with Gasteiger partial charge in [-0.3, -0.25) is 4.79 Å². The number of nitrogens with one attached hydrogen (secondary N) is 1. The number of hydrogen-bond donors (Lipinski definition) is 1. The van der Waals surface area contributed by atoms with E-state index in [1.54, 1.807) is 18.3 Å². The van der Waals surface area contributed by atoms with Gasteiger partial charge >= 0.3 is 0 Å². The van der Waals surface area contributed by atoms with Crippen molar-refractivity contribution < 1.29 is 13.9 Å². The molecular formula is C16H18FN3O2. The summed E-state index contributed by atoms with van der Waals surface area (Å²) in [6, 6.07) is 5.91. The van der Waals surface area contributed by atoms with E-state index in [-0.39, 0.29) is 30.8 Å². The molecule has 116 valence electrons. The van der Waals surface area contributed by atoms with E-state index in [4.69, 9.17) is 4.74 Å². The first kappa shape index (κ1) is 14.6. The first-order valence-corrected chi connectivity index (χ1v) is 7.38. The van der Waals surface area contributed by atoms with Crippen LogP contribution in [0.2, 0.25) is 0 Å². The third kappa shape index (κ3) is 3.63. The number of imidazole rings is 1. The number of aryl methyl sites for hydroxylation is 1. The molecule has 3 rings (SSSR count). The quantitative estimate of drug-likeness (QED) is 0.918. The summed E-state index contributed by atoms with van der Waals surface area (Å²) in [5.41, 5.74) is 0. The molecule has 5 nitrogen and oxygen atoms in total. The van der Waals surface area contributed by atoms with Gasteiger partial charge in [-0.05, 0) is 30.7 Å². The number of carbonyl (C=O) groups excluding carboxylic acids is 1. The van der Waals surface area contributed by atoms with Gasteiger partial charge in [0.25, 0.3) is 0 Å². The third-order valence-corrected chi connectivity index (χ3v) is 3.71. The number of halogens is 1. The maximum atomic E-state index is 12.8. The van der Waals surface area contributed by atoms with Gasteiger partial charge in [-0.2, -0.15) is 0 Å². The van der Waals surface area contributed by atoms with Crippen LogP contribution in [0.25, 0.3) is 0 Å². The SMILES string of the molecule is O=C(CCOc1ccc(F)cc1)N[C@H]1CCc2nccn2C1. The van der Waals surface area contributed by atoms with Crippen LogP contribution in [0.4, 0.5) is 4.39 Å². The van der Waals surface area contributed by atoms with E-state index < -0.39 is 0 Å². The Morgan fingerprint density at radius 1 is 1.41 bits per heavy atom. The van der Waals surface area contributed by atoms with Crippen molar-refractivity contribution in [2.45, 2.75) is 31.8 Å². The molecule has 0 fully saturated rings. The van der Waals surface area contributed by atoms with Gasteiger partial charge < -0.3 is 14.6 Å². The second-order valence-electron chi connectivity index (χ2n) is 5.35. The number of fused-ring (bicyclic) bond motifs is 1. The molecule has 1 N–H and O–H groups in total. The molecule has 0 saturated heterocycles. The summed E-state index contributed by atoms with van der Waals surface area (Å²) in [6.07, 6.45) is 5.79. The van der Waals surface area contributed by atoms with E-state index in [1.807, 2.05) is 6.20 Å². The van der Waals surface area contributed by atoms with E-state index in [0.29, 0.717) is 5.75 Å². The van der Waals surface area contributed by atoms with Crippen LogP contribution in [0.15, 0.2) is 36.7 Å². The Hall–Kier alpha value is -2.37. The smallest absolute Gasteiger partial charge is 0.223 e. The maximum absolute atomic E-state index is 12.8. The first-order chi connectivity index (χ1) is 10.7. The van der Waals surface area contributed by atoms with Crippen molar-refractivity contribution in [1.82, 2.24) is 14.9 Å². The lowest BCUT2D eigenvalue weighted by atomic mass is 10.1. The van der Waals surface area contributed by atoms with Crippen LogP contribution in [-0.2, 0) is 17.8 Å². The standard InChI is InChI=1S/C16H18FN3O2/c17-12-1-4-14(5-2-12)22-10-7-16(21)19-13-3-6-15-18-8-9-20(15)11-13/h1-2,4-5,8-9,13H,3,6-7,10-11H2,(H,19,21)/t13-/m0/s1. The molecule has 0 aliphatic carbocycles. The zero-order chi connectivity index (χ0) is 15.4. The van der Waals surface area contributed by atoms with E-state index in [1.165, 1.54) is 12.1 Å². The largest absolute Gasteiger partial charge is 0.493 e. The molecule has 0 saturated carbocycles. The topological polar surface area (TPSA) is 56.1 Å². The fourth-order valence-electron chi connectivity index (χ4n) is 2.58. The molecule has 0 bridgehead atoms. The van der Waals surface area contributed by atoms with Crippen LogP contribution in [-0.4, -0.2) is 28.1 Å². The molecule has 6 heteroatoms. The van der Waals surface area contributed by atoms with E-state index in [0.717, 1.165) is 25.2 Å². The number of amides is 1. The first-order valence-electron chi connectivity index (χ1n) is 7.38. The summed E-state index contributed by atoms with van der Waals surface area (Å²) >= 11 is 0. The van der Waals surface area contributed by atoms with Crippen molar-refractivity contribution in [3.05, 3.63) is 48.3 Å². The van der Waals surface area contributed by atoms with Gasteiger partial charge in [0, 0.05) is 31.4 Å². The molecule has 1 amide bonds. The van der Waals surface area contributed by atoms with Gasteiger partial charge in [0.05, 0.1) is 13.0 Å². The Labute approximate surface area is 128 Å². The molecule has 1 aromatic heterocycles. The van der Waals surface area contributed by atoms with Gasteiger partial charge in [-0.15, -0.1) is 0 Å². The summed E-state index contributed by atoms with van der Waals surface area (Å²) < 4.78 is 20.2. The Balaban J connectivity index is 1.40. The van der Waals surface area contributed by atoms with Crippen molar-refractivity contribution in [3.63, 3.8) is 0 Å². The molecule has 2 heterocycles. The summed E-state index contributed by atoms with van der Waals surface area (Å²) in [5.74, 6) is 1.30. The van der Waals surface area contributed by atoms with E-state index >= 15 is 0 Å². The molecule has 0 radical (unpaired) electrons. The minimum atomic E-state index is -0.304. The number of rotatable bonds is 5. The average molecular weight is 303 g/mol. The molecular weight excluding hydrogens is 285 g/mol. The van der Waals surface area contributed by atoms with Crippen molar-refractivity contribution in [3.8, 4) is 5.75 Å². The number of carbonyl (C=O) groups is 1. The number of nitrogens with zero attached hydrogens (tertiary/aromatic N) is 2. The lowest BCUT2D eigenvalue weighted by Crippen LogP contribution is -2.41. The molecule has 0 unspecified atom stereocenters. The molecule has 0 spiro atoms. The number of aromatic nitrogens is 2. The van der Waals surface area contributed by atoms with E-state index in [2.05, 4.69) is 14.9 Å². The highest BCUT2D eigenvalue weighted by atomic mass is 19.1. The Morgan fingerprint density at radius 3 is 3.05 bits per heavy atom. The van der Waals surface area contributed by atoms with Gasteiger partial charge in [0.15, 0.2) is 0 Å². The van der Waals surface area contributed by atoms with Crippen molar-refractivity contribution >= 4 is 5.91 Å². The Kier molecular flexibility index (Phi) is 4.37. The Morgan fingerprint density at radius 2 is 2.23 bits per heavy atom. The van der Waals surface area contributed by atoms with Gasteiger partial charge in [0.2, 0.25) is 5.91 Å². The van der Waals surface area contributed by atoms with Crippen LogP contribution < -0.4 is 10.1 Å². The molecule has 1 atom stereocenters. The summed E-state index contributed by atoms with van der Waals surface area (Å²) in [4.78, 5) is 16.2. The van der Waals surface area contributed by atoms with Crippen LogP contribution in [0.5, 0.6) is 5.75 Å². The molecule has 1 aliphatic heterocycles. The monoisotopic (exact) mass is 303 g/mol. The predicted molar refractivity (Wildman–Crippen MR) is 79.0 cm³/mol. The maximum Gasteiger partial charge on any atom is 0.223 e. The van der Waals surface area contributed by atoms with Crippen molar-refractivity contribution in [1.29, 1.82) is 0 Å². The zero-order valence-corrected chi connectivity index (χ0v) is 12.2. The molecule has 1 aromatic carbocycles. The van der Waals surface area contributed by atoms with Crippen molar-refractivity contribution in [2.75, 3.05) is 6.61 Å².